The molecule has 1 heterocycles. The van der Waals surface area contributed by atoms with Crippen molar-refractivity contribution in [3.63, 3.8) is 0 Å². The number of rotatable bonds is 6. The second-order valence-electron chi connectivity index (χ2n) is 7.36. The van der Waals surface area contributed by atoms with Gasteiger partial charge in [-0.3, -0.25) is 0 Å². The summed E-state index contributed by atoms with van der Waals surface area (Å²) in [6.07, 6.45) is 1.15. The average molecular weight is 435 g/mol. The van der Waals surface area contributed by atoms with E-state index in [1.807, 2.05) is 18.2 Å². The van der Waals surface area contributed by atoms with E-state index in [-0.39, 0.29) is 30.2 Å². The van der Waals surface area contributed by atoms with E-state index in [9.17, 15) is 17.6 Å². The van der Waals surface area contributed by atoms with Gasteiger partial charge in [-0.15, -0.1) is 0 Å². The van der Waals surface area contributed by atoms with E-state index in [0.717, 1.165) is 11.1 Å². The molecule has 3 rings (SSSR count). The summed E-state index contributed by atoms with van der Waals surface area (Å²) >= 11 is 0. The summed E-state index contributed by atoms with van der Waals surface area (Å²) in [5.41, 5.74) is 7.63. The van der Waals surface area contributed by atoms with Gasteiger partial charge in [0.2, 0.25) is 10.0 Å². The second-order valence-corrected chi connectivity index (χ2v) is 9.45. The van der Waals surface area contributed by atoms with Crippen LogP contribution < -0.4 is 11.1 Å². The number of urea groups is 1. The molecule has 9 heteroatoms. The Hall–Kier alpha value is -2.49. The highest BCUT2D eigenvalue weighted by Gasteiger charge is 2.30. The predicted octanol–water partition coefficient (Wildman–Crippen LogP) is 2.71. The van der Waals surface area contributed by atoms with Crippen molar-refractivity contribution < 1.29 is 17.6 Å². The summed E-state index contributed by atoms with van der Waals surface area (Å²) in [7, 11) is -1.60. The zero-order chi connectivity index (χ0) is 21.7. The average Bonchev–Trinajstić information content (AvgIpc) is 2.74. The molecule has 0 atom stereocenters. The molecule has 2 aromatic carbocycles. The fraction of sp³-hybridized carbons (Fsp3) is 0.381. The van der Waals surface area contributed by atoms with Crippen LogP contribution in [0.15, 0.2) is 48.5 Å². The van der Waals surface area contributed by atoms with Gasteiger partial charge in [0.25, 0.3) is 0 Å². The summed E-state index contributed by atoms with van der Waals surface area (Å²) in [5.74, 6) is -0.354. The number of sulfonamides is 1. The minimum Gasteiger partial charge on any atom is -0.329 e. The van der Waals surface area contributed by atoms with Gasteiger partial charge in [-0.25, -0.2) is 21.9 Å². The summed E-state index contributed by atoms with van der Waals surface area (Å²) < 4.78 is 39.1. The summed E-state index contributed by atoms with van der Waals surface area (Å²) in [4.78, 5) is 14.2. The molecule has 1 fully saturated rings. The molecular weight excluding hydrogens is 407 g/mol. The molecule has 7 nitrogen and oxygen atoms in total. The van der Waals surface area contributed by atoms with Crippen LogP contribution in [0.3, 0.4) is 0 Å². The number of benzene rings is 2. The number of amides is 2. The zero-order valence-corrected chi connectivity index (χ0v) is 17.7. The van der Waals surface area contributed by atoms with Crippen molar-refractivity contribution in [2.75, 3.05) is 37.8 Å². The molecule has 0 spiro atoms. The minimum atomic E-state index is -3.32. The van der Waals surface area contributed by atoms with Crippen LogP contribution in [0.2, 0.25) is 0 Å². The van der Waals surface area contributed by atoms with Crippen LogP contribution in [0.4, 0.5) is 14.9 Å². The molecule has 1 saturated heterocycles. The van der Waals surface area contributed by atoms with Gasteiger partial charge in [-0.2, -0.15) is 0 Å². The lowest BCUT2D eigenvalue weighted by molar-refractivity contribution is 0.174. The van der Waals surface area contributed by atoms with Gasteiger partial charge in [0.15, 0.2) is 0 Å². The largest absolute Gasteiger partial charge is 0.329 e. The minimum absolute atomic E-state index is 0.0408. The fourth-order valence-electron chi connectivity index (χ4n) is 3.58. The summed E-state index contributed by atoms with van der Waals surface area (Å²) in [6.45, 7) is 0.864. The number of carbonyl (C=O) groups is 1. The molecule has 162 valence electrons. The van der Waals surface area contributed by atoms with E-state index < -0.39 is 10.0 Å². The third kappa shape index (κ3) is 5.35. The van der Waals surface area contributed by atoms with Crippen LogP contribution in [-0.4, -0.2) is 62.1 Å². The highest BCUT2D eigenvalue weighted by atomic mass is 32.2. The van der Waals surface area contributed by atoms with Crippen molar-refractivity contribution in [1.82, 2.24) is 9.21 Å². The number of carbonyl (C=O) groups excluding carboxylic acids is 1. The van der Waals surface area contributed by atoms with Gasteiger partial charge in [0, 0.05) is 38.4 Å². The van der Waals surface area contributed by atoms with Crippen LogP contribution in [0.1, 0.15) is 12.8 Å². The Balaban J connectivity index is 1.56. The first kappa shape index (κ1) is 22.2. The van der Waals surface area contributed by atoms with Crippen molar-refractivity contribution >= 4 is 21.7 Å². The van der Waals surface area contributed by atoms with Gasteiger partial charge in [0.05, 0.1) is 5.75 Å². The Kier molecular flexibility index (Phi) is 7.06. The van der Waals surface area contributed by atoms with Crippen LogP contribution in [0, 0.1) is 5.82 Å². The van der Waals surface area contributed by atoms with E-state index in [1.165, 1.54) is 16.4 Å². The van der Waals surface area contributed by atoms with Crippen molar-refractivity contribution in [3.8, 4) is 11.1 Å². The fourth-order valence-corrected chi connectivity index (χ4v) is 4.90. The number of hydrogen-bond acceptors (Lipinski definition) is 4. The van der Waals surface area contributed by atoms with E-state index in [0.29, 0.717) is 31.6 Å². The number of nitrogens with zero attached hydrogens (tertiary/aromatic N) is 2. The topological polar surface area (TPSA) is 95.7 Å². The number of piperidine rings is 1. The third-order valence-electron chi connectivity index (χ3n) is 5.35. The van der Waals surface area contributed by atoms with Crippen molar-refractivity contribution in [3.05, 3.63) is 54.3 Å². The molecular formula is C21H27FN4O3S. The maximum Gasteiger partial charge on any atom is 0.321 e. The standard InChI is InChI=1S/C21H27FN4O3S/c1-25(20-9-12-26(13-10-20)30(28,29)14-11-23)21(27)24-19-7-5-16(6-8-19)17-3-2-4-18(22)15-17/h2-8,15,20H,9-14,23H2,1H3,(H,24,27). The quantitative estimate of drug-likeness (QED) is 0.731. The first-order valence-electron chi connectivity index (χ1n) is 9.88. The van der Waals surface area contributed by atoms with Crippen LogP contribution in [0.5, 0.6) is 0 Å². The Bertz CT molecular complexity index is 974. The predicted molar refractivity (Wildman–Crippen MR) is 116 cm³/mol. The highest BCUT2D eigenvalue weighted by Crippen LogP contribution is 2.23. The number of nitrogens with one attached hydrogen (secondary N) is 1. The van der Waals surface area contributed by atoms with Crippen molar-refractivity contribution in [2.45, 2.75) is 18.9 Å². The van der Waals surface area contributed by atoms with Crippen molar-refractivity contribution in [2.24, 2.45) is 5.73 Å². The Morgan fingerprint density at radius 3 is 2.43 bits per heavy atom. The van der Waals surface area contributed by atoms with Crippen LogP contribution in [-0.2, 0) is 10.0 Å². The molecule has 2 aromatic rings. The smallest absolute Gasteiger partial charge is 0.321 e. The molecule has 2 amide bonds. The van der Waals surface area contributed by atoms with E-state index in [4.69, 9.17) is 5.73 Å². The number of nitrogens with two attached hydrogens (primary N) is 1. The third-order valence-corrected chi connectivity index (χ3v) is 7.26. The molecule has 0 bridgehead atoms. The lowest BCUT2D eigenvalue weighted by atomic mass is 10.1. The zero-order valence-electron chi connectivity index (χ0n) is 16.9. The second kappa shape index (κ2) is 9.55. The Morgan fingerprint density at radius 1 is 1.17 bits per heavy atom. The van der Waals surface area contributed by atoms with Gasteiger partial charge < -0.3 is 16.0 Å². The Morgan fingerprint density at radius 2 is 1.83 bits per heavy atom. The monoisotopic (exact) mass is 434 g/mol. The molecule has 1 aliphatic heterocycles. The molecule has 30 heavy (non-hydrogen) atoms. The van der Waals surface area contributed by atoms with Gasteiger partial charge in [0.1, 0.15) is 5.82 Å². The maximum atomic E-state index is 13.4. The van der Waals surface area contributed by atoms with E-state index in [1.54, 1.807) is 30.1 Å². The van der Waals surface area contributed by atoms with E-state index in [2.05, 4.69) is 5.32 Å². The molecule has 0 radical (unpaired) electrons. The van der Waals surface area contributed by atoms with Crippen molar-refractivity contribution in [1.29, 1.82) is 0 Å². The molecule has 0 unspecified atom stereocenters. The van der Waals surface area contributed by atoms with Crippen LogP contribution in [0.25, 0.3) is 11.1 Å². The highest BCUT2D eigenvalue weighted by molar-refractivity contribution is 7.89. The number of halogens is 1. The number of anilines is 1. The van der Waals surface area contributed by atoms with Gasteiger partial charge in [-0.1, -0.05) is 24.3 Å². The maximum absolute atomic E-state index is 13.4. The van der Waals surface area contributed by atoms with Crippen LogP contribution >= 0.6 is 0 Å². The van der Waals surface area contributed by atoms with Gasteiger partial charge >= 0.3 is 6.03 Å². The molecule has 0 aromatic heterocycles. The summed E-state index contributed by atoms with van der Waals surface area (Å²) in [5, 5.41) is 2.86. The summed E-state index contributed by atoms with van der Waals surface area (Å²) in [6, 6.07) is 13.2. The first-order chi connectivity index (χ1) is 14.3. The molecule has 0 saturated carbocycles. The lowest BCUT2D eigenvalue weighted by Gasteiger charge is -2.36. The van der Waals surface area contributed by atoms with Gasteiger partial charge in [-0.05, 0) is 48.2 Å². The Labute approximate surface area is 176 Å². The molecule has 1 aliphatic rings. The SMILES string of the molecule is CN(C(=O)Nc1ccc(-c2cccc(F)c2)cc1)C1CCN(S(=O)(=O)CCN)CC1. The number of hydrogen-bond donors (Lipinski definition) is 2. The normalized spacial score (nSPS) is 15.7. The molecule has 3 N–H and O–H groups in total. The first-order valence-corrected chi connectivity index (χ1v) is 11.5. The lowest BCUT2D eigenvalue weighted by Crippen LogP contribution is -2.49. The van der Waals surface area contributed by atoms with E-state index >= 15 is 0 Å². The molecule has 0 aliphatic carbocycles.